The molecule has 0 saturated heterocycles. The zero-order chi connectivity index (χ0) is 5.54. The Balaban J connectivity index is 2.91. The number of hydrogen-bond acceptors (Lipinski definition) is 1. The number of aliphatic hydroxyl groups excluding tert-OH is 1. The van der Waals surface area contributed by atoms with Gasteiger partial charge < -0.3 is 5.11 Å². The molecule has 0 saturated carbocycles. The quantitative estimate of drug-likeness (QED) is 0.447. The third-order valence-corrected chi connectivity index (χ3v) is 0.709. The highest BCUT2D eigenvalue weighted by molar-refractivity contribution is 9.09. The summed E-state index contributed by atoms with van der Waals surface area (Å²) in [5.41, 5.74) is 0. The van der Waals surface area contributed by atoms with Crippen LogP contribution in [0.15, 0.2) is 0 Å². The van der Waals surface area contributed by atoms with Gasteiger partial charge in [0, 0.05) is 6.42 Å². The molecule has 0 heterocycles. The maximum atomic E-state index is 8.18. The summed E-state index contributed by atoms with van der Waals surface area (Å²) in [7, 11) is 0. The first-order chi connectivity index (χ1) is 3.41. The molecule has 1 N–H and O–H groups in total. The molecular weight excluding hydrogens is 156 g/mol. The van der Waals surface area contributed by atoms with E-state index in [9.17, 15) is 0 Å². The lowest BCUT2D eigenvalue weighted by molar-refractivity contribution is 0.305. The molecule has 0 aliphatic carbocycles. The van der Waals surface area contributed by atoms with Gasteiger partial charge in [0.2, 0.25) is 0 Å². The van der Waals surface area contributed by atoms with Crippen LogP contribution in [-0.2, 0) is 0 Å². The van der Waals surface area contributed by atoms with E-state index in [2.05, 4.69) is 27.8 Å². The van der Waals surface area contributed by atoms with Crippen molar-refractivity contribution in [3.8, 4) is 11.8 Å². The van der Waals surface area contributed by atoms with Gasteiger partial charge in [-0.05, 0) is 0 Å². The highest BCUT2D eigenvalue weighted by Crippen LogP contribution is 1.74. The molecule has 0 unspecified atom stereocenters. The summed E-state index contributed by atoms with van der Waals surface area (Å²) in [4.78, 5) is 0. The smallest absolute Gasteiger partial charge is 0.0645 e. The van der Waals surface area contributed by atoms with Crippen molar-refractivity contribution in [2.75, 3.05) is 11.9 Å². The number of halogens is 1. The molecule has 0 rings (SSSR count). The average Bonchev–Trinajstić information content (AvgIpc) is 1.69. The van der Waals surface area contributed by atoms with E-state index in [1.807, 2.05) is 0 Å². The SMILES string of the molecule is OCCC#CCBr. The molecule has 0 spiro atoms. The monoisotopic (exact) mass is 162 g/mol. The second-order valence-electron chi connectivity index (χ2n) is 0.961. The maximum Gasteiger partial charge on any atom is 0.0645 e. The molecule has 0 aromatic carbocycles. The zero-order valence-corrected chi connectivity index (χ0v) is 5.53. The van der Waals surface area contributed by atoms with Gasteiger partial charge in [-0.2, -0.15) is 0 Å². The second kappa shape index (κ2) is 6.00. The van der Waals surface area contributed by atoms with Crippen LogP contribution >= 0.6 is 15.9 Å². The number of rotatable bonds is 1. The minimum absolute atomic E-state index is 0.167. The number of alkyl halides is 1. The Bertz CT molecular complexity index is 79.8. The van der Waals surface area contributed by atoms with Crippen LogP contribution in [0.2, 0.25) is 0 Å². The minimum Gasteiger partial charge on any atom is -0.395 e. The molecule has 0 aliphatic heterocycles. The Morgan fingerprint density at radius 2 is 2.14 bits per heavy atom. The lowest BCUT2D eigenvalue weighted by atomic mass is 10.5. The fourth-order valence-corrected chi connectivity index (χ4v) is 0.390. The highest BCUT2D eigenvalue weighted by Gasteiger charge is 1.67. The lowest BCUT2D eigenvalue weighted by Crippen LogP contribution is -1.75. The standard InChI is InChI=1S/C5H7BrO/c6-4-2-1-3-5-7/h7H,3-5H2. The van der Waals surface area contributed by atoms with Crippen LogP contribution in [0.4, 0.5) is 0 Å². The van der Waals surface area contributed by atoms with Crippen molar-refractivity contribution in [3.05, 3.63) is 0 Å². The predicted molar refractivity (Wildman–Crippen MR) is 33.3 cm³/mol. The van der Waals surface area contributed by atoms with Crippen molar-refractivity contribution in [1.29, 1.82) is 0 Å². The molecule has 0 aromatic heterocycles. The van der Waals surface area contributed by atoms with E-state index >= 15 is 0 Å². The van der Waals surface area contributed by atoms with Crippen molar-refractivity contribution >= 4 is 15.9 Å². The van der Waals surface area contributed by atoms with Crippen molar-refractivity contribution < 1.29 is 5.11 Å². The molecular formula is C5H7BrO. The summed E-state index contributed by atoms with van der Waals surface area (Å²) >= 11 is 3.12. The van der Waals surface area contributed by atoms with Gasteiger partial charge in [-0.25, -0.2) is 0 Å². The number of aliphatic hydroxyl groups is 1. The molecule has 0 radical (unpaired) electrons. The zero-order valence-electron chi connectivity index (χ0n) is 3.95. The molecule has 2 heteroatoms. The molecule has 0 amide bonds. The fraction of sp³-hybridized carbons (Fsp3) is 0.600. The van der Waals surface area contributed by atoms with E-state index in [1.165, 1.54) is 0 Å². The van der Waals surface area contributed by atoms with Crippen LogP contribution < -0.4 is 0 Å². The molecule has 0 atom stereocenters. The number of hydrogen-bond donors (Lipinski definition) is 1. The summed E-state index contributed by atoms with van der Waals surface area (Å²) in [6.45, 7) is 0.167. The maximum absolute atomic E-state index is 8.18. The van der Waals surface area contributed by atoms with E-state index in [1.54, 1.807) is 0 Å². The van der Waals surface area contributed by atoms with Crippen molar-refractivity contribution in [2.24, 2.45) is 0 Å². The fourth-order valence-electron chi connectivity index (χ4n) is 0.192. The summed E-state index contributed by atoms with van der Waals surface area (Å²) < 4.78 is 0. The molecule has 0 fully saturated rings. The molecule has 40 valence electrons. The van der Waals surface area contributed by atoms with Crippen LogP contribution in [0.1, 0.15) is 6.42 Å². The van der Waals surface area contributed by atoms with Gasteiger partial charge in [0.1, 0.15) is 0 Å². The lowest BCUT2D eigenvalue weighted by Gasteiger charge is -1.74. The summed E-state index contributed by atoms with van der Waals surface area (Å²) in [5, 5.41) is 8.88. The van der Waals surface area contributed by atoms with Crippen LogP contribution in [0.5, 0.6) is 0 Å². The first-order valence-electron chi connectivity index (χ1n) is 2.04. The van der Waals surface area contributed by atoms with E-state index in [4.69, 9.17) is 5.11 Å². The third-order valence-electron chi connectivity index (χ3n) is 0.429. The van der Waals surface area contributed by atoms with Gasteiger partial charge in [-0.3, -0.25) is 0 Å². The third kappa shape index (κ3) is 6.00. The Morgan fingerprint density at radius 1 is 1.43 bits per heavy atom. The van der Waals surface area contributed by atoms with E-state index < -0.39 is 0 Å². The normalized spacial score (nSPS) is 7.14. The van der Waals surface area contributed by atoms with Gasteiger partial charge in [0.05, 0.1) is 11.9 Å². The second-order valence-corrected chi connectivity index (χ2v) is 1.52. The van der Waals surface area contributed by atoms with Crippen LogP contribution in [0, 0.1) is 11.8 Å². The van der Waals surface area contributed by atoms with Crippen molar-refractivity contribution in [2.45, 2.75) is 6.42 Å². The van der Waals surface area contributed by atoms with E-state index in [-0.39, 0.29) is 6.61 Å². The first-order valence-corrected chi connectivity index (χ1v) is 3.16. The molecule has 7 heavy (non-hydrogen) atoms. The van der Waals surface area contributed by atoms with E-state index in [0.29, 0.717) is 11.8 Å². The van der Waals surface area contributed by atoms with Crippen molar-refractivity contribution in [3.63, 3.8) is 0 Å². The summed E-state index contributed by atoms with van der Waals surface area (Å²) in [5.74, 6) is 5.49. The Labute approximate surface area is 51.9 Å². The average molecular weight is 163 g/mol. The highest BCUT2D eigenvalue weighted by atomic mass is 79.9. The minimum atomic E-state index is 0.167. The Hall–Kier alpha value is 0. The predicted octanol–water partition coefficient (Wildman–Crippen LogP) is 0.767. The van der Waals surface area contributed by atoms with Crippen LogP contribution in [-0.4, -0.2) is 17.0 Å². The van der Waals surface area contributed by atoms with Crippen LogP contribution in [0.3, 0.4) is 0 Å². The van der Waals surface area contributed by atoms with Crippen molar-refractivity contribution in [1.82, 2.24) is 0 Å². The largest absolute Gasteiger partial charge is 0.395 e. The first kappa shape index (κ1) is 7.00. The molecule has 0 aliphatic rings. The van der Waals surface area contributed by atoms with Gasteiger partial charge >= 0.3 is 0 Å². The van der Waals surface area contributed by atoms with Gasteiger partial charge in [0.15, 0.2) is 0 Å². The van der Waals surface area contributed by atoms with Crippen LogP contribution in [0.25, 0.3) is 0 Å². The Morgan fingerprint density at radius 3 is 2.57 bits per heavy atom. The van der Waals surface area contributed by atoms with Gasteiger partial charge in [-0.15, -0.1) is 5.92 Å². The summed E-state index contributed by atoms with van der Waals surface area (Å²) in [6.07, 6.45) is 0.589. The van der Waals surface area contributed by atoms with Gasteiger partial charge in [0.25, 0.3) is 0 Å². The summed E-state index contributed by atoms with van der Waals surface area (Å²) in [6, 6.07) is 0. The van der Waals surface area contributed by atoms with E-state index in [0.717, 1.165) is 0 Å². The van der Waals surface area contributed by atoms with Gasteiger partial charge in [-0.1, -0.05) is 21.9 Å². The Kier molecular flexibility index (Phi) is 6.00. The topological polar surface area (TPSA) is 20.2 Å². The molecule has 0 bridgehead atoms. The molecule has 1 nitrogen and oxygen atoms in total. The molecule has 0 aromatic rings.